The highest BCUT2D eigenvalue weighted by Gasteiger charge is 2.21. The van der Waals surface area contributed by atoms with Crippen LogP contribution in [0.4, 0.5) is 5.82 Å². The fraction of sp³-hybridized carbons (Fsp3) is 0.600. The first-order chi connectivity index (χ1) is 10.3. The molecule has 21 heavy (non-hydrogen) atoms. The molecule has 3 rings (SSSR count). The molecule has 0 saturated carbocycles. The monoisotopic (exact) mass is 291 g/mol. The molecule has 1 amide bonds. The lowest BCUT2D eigenvalue weighted by Crippen LogP contribution is -2.39. The van der Waals surface area contributed by atoms with Crippen molar-refractivity contribution in [3.63, 3.8) is 0 Å². The normalized spacial score (nSPS) is 22.3. The van der Waals surface area contributed by atoms with E-state index >= 15 is 0 Å². The molecular formula is C15H21N3O3. The minimum Gasteiger partial charge on any atom is -0.381 e. The average molecular weight is 291 g/mol. The maximum atomic E-state index is 12.4. The quantitative estimate of drug-likeness (QED) is 0.884. The van der Waals surface area contributed by atoms with Crippen molar-refractivity contribution in [1.82, 2.24) is 10.3 Å². The Morgan fingerprint density at radius 2 is 2.19 bits per heavy atom. The molecule has 6 nitrogen and oxygen atoms in total. The van der Waals surface area contributed by atoms with E-state index in [1.165, 1.54) is 0 Å². The SMILES string of the molecule is O=C(NC[C@@H]1CCOC1)c1cccnc1N1CCOCC1. The summed E-state index contributed by atoms with van der Waals surface area (Å²) in [6.45, 7) is 5.10. The predicted molar refractivity (Wildman–Crippen MR) is 78.5 cm³/mol. The summed E-state index contributed by atoms with van der Waals surface area (Å²) in [6.07, 6.45) is 2.75. The van der Waals surface area contributed by atoms with E-state index in [1.807, 2.05) is 6.07 Å². The molecule has 0 aromatic carbocycles. The van der Waals surface area contributed by atoms with Crippen molar-refractivity contribution in [3.05, 3.63) is 23.9 Å². The molecule has 2 aliphatic heterocycles. The van der Waals surface area contributed by atoms with Gasteiger partial charge in [-0.15, -0.1) is 0 Å². The average Bonchev–Trinajstić information content (AvgIpc) is 3.07. The number of carbonyl (C=O) groups excluding carboxylic acids is 1. The number of hydrogen-bond donors (Lipinski definition) is 1. The number of nitrogens with one attached hydrogen (secondary N) is 1. The molecule has 0 bridgehead atoms. The van der Waals surface area contributed by atoms with Crippen LogP contribution in [0.15, 0.2) is 18.3 Å². The Morgan fingerprint density at radius 1 is 1.33 bits per heavy atom. The van der Waals surface area contributed by atoms with Crippen LogP contribution in [0.2, 0.25) is 0 Å². The van der Waals surface area contributed by atoms with Gasteiger partial charge in [0.1, 0.15) is 5.82 Å². The summed E-state index contributed by atoms with van der Waals surface area (Å²) in [5.74, 6) is 1.12. The molecule has 114 valence electrons. The van der Waals surface area contributed by atoms with Gasteiger partial charge < -0.3 is 19.7 Å². The molecule has 2 fully saturated rings. The van der Waals surface area contributed by atoms with Crippen LogP contribution in [0, 0.1) is 5.92 Å². The molecule has 0 unspecified atom stereocenters. The number of carbonyl (C=O) groups is 1. The summed E-state index contributed by atoms with van der Waals surface area (Å²) < 4.78 is 10.7. The van der Waals surface area contributed by atoms with Gasteiger partial charge in [0.2, 0.25) is 0 Å². The number of rotatable bonds is 4. The zero-order chi connectivity index (χ0) is 14.5. The van der Waals surface area contributed by atoms with Crippen LogP contribution < -0.4 is 10.2 Å². The third kappa shape index (κ3) is 3.51. The summed E-state index contributed by atoms with van der Waals surface area (Å²) >= 11 is 0. The maximum absolute atomic E-state index is 12.4. The smallest absolute Gasteiger partial charge is 0.255 e. The van der Waals surface area contributed by atoms with E-state index in [1.54, 1.807) is 12.3 Å². The molecular weight excluding hydrogens is 270 g/mol. The van der Waals surface area contributed by atoms with Gasteiger partial charge in [-0.1, -0.05) is 0 Å². The minimum atomic E-state index is -0.0588. The first kappa shape index (κ1) is 14.3. The van der Waals surface area contributed by atoms with Gasteiger partial charge in [-0.25, -0.2) is 4.98 Å². The Bertz CT molecular complexity index is 483. The van der Waals surface area contributed by atoms with Crippen LogP contribution in [0.3, 0.4) is 0 Å². The Labute approximate surface area is 124 Å². The number of nitrogens with zero attached hydrogens (tertiary/aromatic N) is 2. The number of anilines is 1. The fourth-order valence-corrected chi connectivity index (χ4v) is 2.68. The summed E-state index contributed by atoms with van der Waals surface area (Å²) in [5.41, 5.74) is 0.637. The van der Waals surface area contributed by atoms with Gasteiger partial charge in [0.15, 0.2) is 0 Å². The van der Waals surface area contributed by atoms with Gasteiger partial charge in [-0.05, 0) is 18.6 Å². The Morgan fingerprint density at radius 3 is 2.95 bits per heavy atom. The molecule has 0 radical (unpaired) electrons. The number of amides is 1. The number of pyridine rings is 1. The Hall–Kier alpha value is -1.66. The van der Waals surface area contributed by atoms with Crippen molar-refractivity contribution in [2.45, 2.75) is 6.42 Å². The molecule has 1 N–H and O–H groups in total. The van der Waals surface area contributed by atoms with E-state index in [0.29, 0.717) is 31.2 Å². The zero-order valence-electron chi connectivity index (χ0n) is 12.1. The van der Waals surface area contributed by atoms with Crippen molar-refractivity contribution in [2.75, 3.05) is 51.0 Å². The van der Waals surface area contributed by atoms with E-state index in [0.717, 1.165) is 38.5 Å². The van der Waals surface area contributed by atoms with Gasteiger partial charge in [-0.2, -0.15) is 0 Å². The minimum absolute atomic E-state index is 0.0588. The van der Waals surface area contributed by atoms with Gasteiger partial charge >= 0.3 is 0 Å². The highest BCUT2D eigenvalue weighted by molar-refractivity contribution is 5.98. The third-order valence-corrected chi connectivity index (χ3v) is 3.92. The van der Waals surface area contributed by atoms with Crippen molar-refractivity contribution in [2.24, 2.45) is 5.92 Å². The molecule has 0 aliphatic carbocycles. The van der Waals surface area contributed by atoms with Crippen LogP contribution in [0.1, 0.15) is 16.8 Å². The van der Waals surface area contributed by atoms with E-state index in [-0.39, 0.29) is 5.91 Å². The van der Waals surface area contributed by atoms with E-state index < -0.39 is 0 Å². The zero-order valence-corrected chi connectivity index (χ0v) is 12.1. The van der Waals surface area contributed by atoms with Gasteiger partial charge in [0.05, 0.1) is 25.4 Å². The van der Waals surface area contributed by atoms with Crippen molar-refractivity contribution >= 4 is 11.7 Å². The molecule has 3 heterocycles. The van der Waals surface area contributed by atoms with Crippen LogP contribution in [0.5, 0.6) is 0 Å². The lowest BCUT2D eigenvalue weighted by molar-refractivity contribution is 0.0943. The number of ether oxygens (including phenoxy) is 2. The lowest BCUT2D eigenvalue weighted by Gasteiger charge is -2.29. The second kappa shape index (κ2) is 6.87. The standard InChI is InChI=1S/C15H21N3O3/c19-15(17-10-12-3-7-21-11-12)13-2-1-4-16-14(13)18-5-8-20-9-6-18/h1-2,4,12H,3,5-11H2,(H,17,19)/t12-/m0/s1. The third-order valence-electron chi connectivity index (χ3n) is 3.92. The van der Waals surface area contributed by atoms with Crippen LogP contribution in [0.25, 0.3) is 0 Å². The Balaban J connectivity index is 1.66. The molecule has 6 heteroatoms. The van der Waals surface area contributed by atoms with E-state index in [9.17, 15) is 4.79 Å². The number of hydrogen-bond acceptors (Lipinski definition) is 5. The molecule has 1 aromatic heterocycles. The van der Waals surface area contributed by atoms with Crippen LogP contribution in [-0.2, 0) is 9.47 Å². The topological polar surface area (TPSA) is 63.7 Å². The lowest BCUT2D eigenvalue weighted by atomic mass is 10.1. The predicted octanol–water partition coefficient (Wildman–Crippen LogP) is 0.684. The van der Waals surface area contributed by atoms with Crippen molar-refractivity contribution in [3.8, 4) is 0 Å². The van der Waals surface area contributed by atoms with Gasteiger partial charge in [0.25, 0.3) is 5.91 Å². The van der Waals surface area contributed by atoms with E-state index in [4.69, 9.17) is 9.47 Å². The summed E-state index contributed by atoms with van der Waals surface area (Å²) in [6, 6.07) is 3.63. The second-order valence-corrected chi connectivity index (χ2v) is 5.41. The molecule has 2 aliphatic rings. The molecule has 1 aromatic rings. The summed E-state index contributed by atoms with van der Waals surface area (Å²) in [4.78, 5) is 18.9. The summed E-state index contributed by atoms with van der Waals surface area (Å²) in [7, 11) is 0. The van der Waals surface area contributed by atoms with Crippen LogP contribution in [-0.4, -0.2) is 57.0 Å². The number of aromatic nitrogens is 1. The highest BCUT2D eigenvalue weighted by atomic mass is 16.5. The largest absolute Gasteiger partial charge is 0.381 e. The summed E-state index contributed by atoms with van der Waals surface area (Å²) in [5, 5.41) is 3.00. The van der Waals surface area contributed by atoms with E-state index in [2.05, 4.69) is 15.2 Å². The van der Waals surface area contributed by atoms with Crippen molar-refractivity contribution < 1.29 is 14.3 Å². The number of morpholine rings is 1. The van der Waals surface area contributed by atoms with Crippen molar-refractivity contribution in [1.29, 1.82) is 0 Å². The van der Waals surface area contributed by atoms with Gasteiger partial charge in [0, 0.05) is 38.4 Å². The molecule has 1 atom stereocenters. The first-order valence-corrected chi connectivity index (χ1v) is 7.48. The molecule has 2 saturated heterocycles. The first-order valence-electron chi connectivity index (χ1n) is 7.48. The Kier molecular flexibility index (Phi) is 4.67. The second-order valence-electron chi connectivity index (χ2n) is 5.41. The molecule has 0 spiro atoms. The fourth-order valence-electron chi connectivity index (χ4n) is 2.68. The van der Waals surface area contributed by atoms with Gasteiger partial charge in [-0.3, -0.25) is 4.79 Å². The maximum Gasteiger partial charge on any atom is 0.255 e. The van der Waals surface area contributed by atoms with Crippen LogP contribution >= 0.6 is 0 Å². The highest BCUT2D eigenvalue weighted by Crippen LogP contribution is 2.19.